The Morgan fingerprint density at radius 3 is 2.65 bits per heavy atom. The van der Waals surface area contributed by atoms with Gasteiger partial charge in [-0.2, -0.15) is 0 Å². The van der Waals surface area contributed by atoms with E-state index < -0.39 is 5.60 Å². The van der Waals surface area contributed by atoms with Crippen molar-refractivity contribution < 1.29 is 9.53 Å². The van der Waals surface area contributed by atoms with Gasteiger partial charge in [-0.15, -0.1) is 11.3 Å². The summed E-state index contributed by atoms with van der Waals surface area (Å²) in [6.45, 7) is 8.67. The van der Waals surface area contributed by atoms with E-state index >= 15 is 0 Å². The summed E-state index contributed by atoms with van der Waals surface area (Å²) in [5.74, 6) is 1.23. The number of aromatic nitrogens is 4. The summed E-state index contributed by atoms with van der Waals surface area (Å²) < 4.78 is 5.45. The molecule has 4 aromatic rings. The van der Waals surface area contributed by atoms with Crippen LogP contribution < -0.4 is 16.2 Å². The van der Waals surface area contributed by atoms with Crippen LogP contribution in [-0.4, -0.2) is 62.7 Å². The van der Waals surface area contributed by atoms with E-state index in [9.17, 15) is 9.59 Å². The van der Waals surface area contributed by atoms with E-state index in [1.165, 1.54) is 11.3 Å². The van der Waals surface area contributed by atoms with E-state index in [2.05, 4.69) is 19.9 Å². The fourth-order valence-electron chi connectivity index (χ4n) is 4.80. The third-order valence-corrected chi connectivity index (χ3v) is 7.15. The highest BCUT2D eigenvalue weighted by molar-refractivity contribution is 7.16. The highest BCUT2D eigenvalue weighted by atomic mass is 32.1. The van der Waals surface area contributed by atoms with Crippen molar-refractivity contribution in [2.75, 3.05) is 36.8 Å². The molecule has 0 bridgehead atoms. The molecule has 4 N–H and O–H groups in total. The molecule has 34 heavy (non-hydrogen) atoms. The number of amides is 1. The summed E-state index contributed by atoms with van der Waals surface area (Å²) >= 11 is 1.44. The van der Waals surface area contributed by atoms with Crippen LogP contribution in [-0.2, 0) is 4.74 Å². The number of ether oxygens (including phenoxy) is 1. The molecule has 10 nitrogen and oxygen atoms in total. The second kappa shape index (κ2) is 6.95. The van der Waals surface area contributed by atoms with Crippen molar-refractivity contribution >= 4 is 50.3 Å². The summed E-state index contributed by atoms with van der Waals surface area (Å²) in [4.78, 5) is 44.9. The van der Waals surface area contributed by atoms with Gasteiger partial charge in [0.2, 0.25) is 0 Å². The maximum Gasteiger partial charge on any atom is 0.410 e. The summed E-state index contributed by atoms with van der Waals surface area (Å²) in [7, 11) is 0. The summed E-state index contributed by atoms with van der Waals surface area (Å²) in [5.41, 5.74) is 7.63. The molecule has 6 heterocycles. The fraction of sp³-hybridized carbons (Fsp3) is 0.391. The summed E-state index contributed by atoms with van der Waals surface area (Å²) in [6.07, 6.45) is -0.254. The van der Waals surface area contributed by atoms with Crippen LogP contribution in [0.15, 0.2) is 28.4 Å². The molecule has 0 aliphatic carbocycles. The number of H-pyrrole nitrogens is 2. The summed E-state index contributed by atoms with van der Waals surface area (Å²) in [6, 6.07) is 5.71. The van der Waals surface area contributed by atoms with Crippen LogP contribution in [0, 0.1) is 5.41 Å². The van der Waals surface area contributed by atoms with Gasteiger partial charge < -0.3 is 30.2 Å². The van der Waals surface area contributed by atoms with Gasteiger partial charge in [-0.1, -0.05) is 0 Å². The standard InChI is InChI=1S/C23H25N7O3S/c1-22(2,3)33-21(32)30-10-23(11-30)8-29(9-23)14-5-4-13-17(26-14)27-18(25-13)15-16(24)12-6-7-34-20(12)28-19(15)31/h4-7H,8-11H2,1-3H3,(H3,24,28,31)(H,25,26,27). The molecule has 1 amide bonds. The SMILES string of the molecule is CC(C)(C)OC(=O)N1CC2(C1)CN(c1ccc3nc(-c4c(N)c5ccsc5[nH]c4=O)[nH]c3n1)C2. The van der Waals surface area contributed by atoms with Crippen LogP contribution in [0.2, 0.25) is 0 Å². The molecule has 2 aliphatic heterocycles. The molecular weight excluding hydrogens is 454 g/mol. The van der Waals surface area contributed by atoms with E-state index in [4.69, 9.17) is 15.5 Å². The van der Waals surface area contributed by atoms with E-state index in [1.54, 1.807) is 4.90 Å². The molecule has 0 aromatic carbocycles. The van der Waals surface area contributed by atoms with Crippen molar-refractivity contribution in [1.82, 2.24) is 24.8 Å². The minimum atomic E-state index is -0.487. The third kappa shape index (κ3) is 3.30. The molecule has 0 unspecified atom stereocenters. The smallest absolute Gasteiger partial charge is 0.410 e. The number of nitrogens with two attached hydrogens (primary N) is 1. The van der Waals surface area contributed by atoms with Crippen LogP contribution in [0.5, 0.6) is 0 Å². The Morgan fingerprint density at radius 1 is 1.15 bits per heavy atom. The van der Waals surface area contributed by atoms with Gasteiger partial charge in [-0.05, 0) is 44.4 Å². The normalized spacial score (nSPS) is 17.3. The quantitative estimate of drug-likeness (QED) is 0.402. The Morgan fingerprint density at radius 2 is 1.91 bits per heavy atom. The number of carbonyl (C=O) groups excluding carboxylic acids is 1. The van der Waals surface area contributed by atoms with Crippen LogP contribution >= 0.6 is 11.3 Å². The Kier molecular flexibility index (Phi) is 4.29. The van der Waals surface area contributed by atoms with Crippen LogP contribution in [0.25, 0.3) is 32.8 Å². The van der Waals surface area contributed by atoms with Gasteiger partial charge in [0.25, 0.3) is 5.56 Å². The molecule has 0 radical (unpaired) electrons. The first kappa shape index (κ1) is 21.0. The Bertz CT molecular complexity index is 1500. The average Bonchev–Trinajstić information content (AvgIpc) is 3.30. The third-order valence-electron chi connectivity index (χ3n) is 6.32. The first-order valence-corrected chi connectivity index (χ1v) is 12.0. The number of carbonyl (C=O) groups is 1. The molecule has 4 aromatic heterocycles. The number of pyridine rings is 2. The first-order chi connectivity index (χ1) is 16.1. The van der Waals surface area contributed by atoms with Crippen molar-refractivity contribution in [3.8, 4) is 11.4 Å². The van der Waals surface area contributed by atoms with Crippen LogP contribution in [0.3, 0.4) is 0 Å². The van der Waals surface area contributed by atoms with Gasteiger partial charge in [-0.25, -0.2) is 14.8 Å². The molecule has 2 fully saturated rings. The lowest BCUT2D eigenvalue weighted by Crippen LogP contribution is -2.73. The van der Waals surface area contributed by atoms with Crippen LogP contribution in [0.1, 0.15) is 20.8 Å². The lowest BCUT2D eigenvalue weighted by molar-refractivity contribution is -0.0454. The van der Waals surface area contributed by atoms with Crippen molar-refractivity contribution in [3.63, 3.8) is 0 Å². The number of aromatic amines is 2. The molecule has 6 rings (SSSR count). The Hall–Kier alpha value is -3.60. The first-order valence-electron chi connectivity index (χ1n) is 11.1. The molecule has 2 aliphatic rings. The van der Waals surface area contributed by atoms with Crippen molar-refractivity contribution in [1.29, 1.82) is 0 Å². The number of nitrogens with one attached hydrogen (secondary N) is 2. The number of rotatable bonds is 2. The van der Waals surface area contributed by atoms with Gasteiger partial charge in [0.05, 0.1) is 5.69 Å². The minimum absolute atomic E-state index is 0.102. The van der Waals surface area contributed by atoms with Gasteiger partial charge in [0, 0.05) is 37.0 Å². The van der Waals surface area contributed by atoms with Gasteiger partial charge in [-0.3, -0.25) is 4.79 Å². The zero-order chi connectivity index (χ0) is 23.8. The second-order valence-electron chi connectivity index (χ2n) is 10.2. The van der Waals surface area contributed by atoms with E-state index in [1.807, 2.05) is 44.4 Å². The number of likely N-dealkylation sites (tertiary alicyclic amines) is 1. The van der Waals surface area contributed by atoms with Gasteiger partial charge in [0.1, 0.15) is 33.2 Å². The summed E-state index contributed by atoms with van der Waals surface area (Å²) in [5, 5.41) is 2.70. The largest absolute Gasteiger partial charge is 0.444 e. The zero-order valence-electron chi connectivity index (χ0n) is 19.1. The number of hydrogen-bond donors (Lipinski definition) is 3. The van der Waals surface area contributed by atoms with Gasteiger partial charge >= 0.3 is 6.09 Å². The fourth-order valence-corrected chi connectivity index (χ4v) is 5.60. The number of nitrogens with zero attached hydrogens (tertiary/aromatic N) is 4. The second-order valence-corrected chi connectivity index (χ2v) is 11.1. The lowest BCUT2D eigenvalue weighted by Gasteiger charge is -2.60. The Balaban J connectivity index is 1.19. The average molecular weight is 480 g/mol. The topological polar surface area (TPSA) is 133 Å². The number of nitrogen functional groups attached to an aromatic ring is 1. The van der Waals surface area contributed by atoms with Crippen LogP contribution in [0.4, 0.5) is 16.3 Å². The molecule has 0 atom stereocenters. The van der Waals surface area contributed by atoms with Crippen molar-refractivity contribution in [3.05, 3.63) is 33.9 Å². The highest BCUT2D eigenvalue weighted by Gasteiger charge is 2.54. The van der Waals surface area contributed by atoms with E-state index in [-0.39, 0.29) is 17.1 Å². The highest BCUT2D eigenvalue weighted by Crippen LogP contribution is 2.42. The molecule has 0 saturated carbocycles. The number of anilines is 2. The molecule has 1 spiro atoms. The number of hydrogen-bond acceptors (Lipinski definition) is 8. The van der Waals surface area contributed by atoms with Crippen molar-refractivity contribution in [2.45, 2.75) is 26.4 Å². The predicted molar refractivity (Wildman–Crippen MR) is 132 cm³/mol. The predicted octanol–water partition coefficient (Wildman–Crippen LogP) is 3.17. The van der Waals surface area contributed by atoms with E-state index in [0.29, 0.717) is 41.3 Å². The molecule has 2 saturated heterocycles. The van der Waals surface area contributed by atoms with Gasteiger partial charge in [0.15, 0.2) is 5.65 Å². The monoisotopic (exact) mass is 479 g/mol. The van der Waals surface area contributed by atoms with E-state index in [0.717, 1.165) is 29.1 Å². The molecule has 11 heteroatoms. The number of thiophene rings is 1. The Labute approximate surface area is 198 Å². The lowest BCUT2D eigenvalue weighted by atomic mass is 9.73. The zero-order valence-corrected chi connectivity index (χ0v) is 20.0. The molecule has 176 valence electrons. The number of fused-ring (bicyclic) bond motifs is 2. The number of imidazole rings is 1. The maximum atomic E-state index is 12.7. The van der Waals surface area contributed by atoms with Crippen molar-refractivity contribution in [2.24, 2.45) is 5.41 Å². The molecular formula is C23H25N7O3S. The minimum Gasteiger partial charge on any atom is -0.444 e. The maximum absolute atomic E-state index is 12.7.